The Morgan fingerprint density at radius 2 is 2.31 bits per heavy atom. The second kappa shape index (κ2) is 5.55. The molecular formula is C11H17N3O2. The lowest BCUT2D eigenvalue weighted by Crippen LogP contribution is -2.29. The molecular weight excluding hydrogens is 206 g/mol. The third kappa shape index (κ3) is 2.55. The second-order valence-corrected chi connectivity index (χ2v) is 3.78. The van der Waals surface area contributed by atoms with Gasteiger partial charge in [-0.3, -0.25) is 15.1 Å². The van der Waals surface area contributed by atoms with Gasteiger partial charge in [0.15, 0.2) is 0 Å². The van der Waals surface area contributed by atoms with Crippen LogP contribution in [0.15, 0.2) is 18.5 Å². The van der Waals surface area contributed by atoms with E-state index in [1.54, 1.807) is 12.3 Å². The minimum Gasteiger partial charge on any atom is -0.317 e. The zero-order valence-electron chi connectivity index (χ0n) is 9.80. The van der Waals surface area contributed by atoms with Gasteiger partial charge < -0.3 is 5.32 Å². The fourth-order valence-electron chi connectivity index (χ4n) is 1.91. The van der Waals surface area contributed by atoms with Gasteiger partial charge in [-0.2, -0.15) is 0 Å². The van der Waals surface area contributed by atoms with Gasteiger partial charge in [0, 0.05) is 23.7 Å². The standard InChI is InChI=1S/C11H17N3O2/c1-4-9(8(2)12-3)10-5-6-13-7-11(10)14(15)16/h5-9,12H,4H2,1-3H3. The van der Waals surface area contributed by atoms with Crippen LogP contribution in [0.4, 0.5) is 5.69 Å². The van der Waals surface area contributed by atoms with Crippen molar-refractivity contribution in [3.63, 3.8) is 0 Å². The van der Waals surface area contributed by atoms with Crippen LogP contribution >= 0.6 is 0 Å². The quantitative estimate of drug-likeness (QED) is 0.613. The van der Waals surface area contributed by atoms with Crippen LogP contribution in [0.3, 0.4) is 0 Å². The molecule has 16 heavy (non-hydrogen) atoms. The Labute approximate surface area is 95.0 Å². The number of hydrogen-bond donors (Lipinski definition) is 1. The van der Waals surface area contributed by atoms with Crippen molar-refractivity contribution in [1.82, 2.24) is 10.3 Å². The molecule has 5 nitrogen and oxygen atoms in total. The third-order valence-corrected chi connectivity index (χ3v) is 2.93. The van der Waals surface area contributed by atoms with Crippen LogP contribution < -0.4 is 5.32 Å². The smallest absolute Gasteiger partial charge is 0.291 e. The van der Waals surface area contributed by atoms with Crippen molar-refractivity contribution in [3.05, 3.63) is 34.1 Å². The number of pyridine rings is 1. The fourth-order valence-corrected chi connectivity index (χ4v) is 1.91. The monoisotopic (exact) mass is 223 g/mol. The van der Waals surface area contributed by atoms with Crippen molar-refractivity contribution in [2.75, 3.05) is 7.05 Å². The van der Waals surface area contributed by atoms with Crippen molar-refractivity contribution < 1.29 is 4.92 Å². The molecule has 0 aromatic carbocycles. The van der Waals surface area contributed by atoms with Crippen LogP contribution in [0.2, 0.25) is 0 Å². The first kappa shape index (κ1) is 12.6. The van der Waals surface area contributed by atoms with E-state index in [0.717, 1.165) is 12.0 Å². The van der Waals surface area contributed by atoms with Crippen molar-refractivity contribution in [3.8, 4) is 0 Å². The summed E-state index contributed by atoms with van der Waals surface area (Å²) >= 11 is 0. The van der Waals surface area contributed by atoms with E-state index >= 15 is 0 Å². The van der Waals surface area contributed by atoms with Crippen LogP contribution in [0, 0.1) is 10.1 Å². The van der Waals surface area contributed by atoms with E-state index in [1.165, 1.54) is 6.20 Å². The molecule has 0 fully saturated rings. The summed E-state index contributed by atoms with van der Waals surface area (Å²) in [6.45, 7) is 4.06. The largest absolute Gasteiger partial charge is 0.317 e. The predicted molar refractivity (Wildman–Crippen MR) is 62.4 cm³/mol. The van der Waals surface area contributed by atoms with Gasteiger partial charge >= 0.3 is 0 Å². The Morgan fingerprint density at radius 1 is 1.62 bits per heavy atom. The van der Waals surface area contributed by atoms with Gasteiger partial charge in [-0.25, -0.2) is 0 Å². The highest BCUT2D eigenvalue weighted by Crippen LogP contribution is 2.30. The maximum Gasteiger partial charge on any atom is 0.291 e. The summed E-state index contributed by atoms with van der Waals surface area (Å²) in [4.78, 5) is 14.3. The van der Waals surface area contributed by atoms with Crippen molar-refractivity contribution in [2.45, 2.75) is 32.2 Å². The molecule has 0 aliphatic heterocycles. The highest BCUT2D eigenvalue weighted by Gasteiger charge is 2.24. The number of nitro groups is 1. The fraction of sp³-hybridized carbons (Fsp3) is 0.545. The Balaban J connectivity index is 3.14. The van der Waals surface area contributed by atoms with Crippen molar-refractivity contribution in [1.29, 1.82) is 0 Å². The summed E-state index contributed by atoms with van der Waals surface area (Å²) in [5.74, 6) is 0.133. The third-order valence-electron chi connectivity index (χ3n) is 2.93. The van der Waals surface area contributed by atoms with Crippen LogP contribution in [-0.2, 0) is 0 Å². The lowest BCUT2D eigenvalue weighted by atomic mass is 9.90. The molecule has 2 atom stereocenters. The maximum absolute atomic E-state index is 10.9. The average molecular weight is 223 g/mol. The SMILES string of the molecule is CCC(c1ccncc1[N+](=O)[O-])C(C)NC. The Morgan fingerprint density at radius 3 is 2.81 bits per heavy atom. The molecule has 88 valence electrons. The van der Waals surface area contributed by atoms with Gasteiger partial charge in [0.1, 0.15) is 6.20 Å². The molecule has 1 aromatic rings. The number of likely N-dealkylation sites (N-methyl/N-ethyl adjacent to an activating group) is 1. The maximum atomic E-state index is 10.9. The molecule has 0 saturated carbocycles. The van der Waals surface area contributed by atoms with Gasteiger partial charge in [0.2, 0.25) is 0 Å². The van der Waals surface area contributed by atoms with Crippen LogP contribution in [0.5, 0.6) is 0 Å². The molecule has 5 heteroatoms. The number of hydrogen-bond acceptors (Lipinski definition) is 4. The topological polar surface area (TPSA) is 68.1 Å². The average Bonchev–Trinajstić information content (AvgIpc) is 2.30. The number of rotatable bonds is 5. The van der Waals surface area contributed by atoms with Crippen molar-refractivity contribution in [2.24, 2.45) is 0 Å². The summed E-state index contributed by atoms with van der Waals surface area (Å²) in [6.07, 6.45) is 3.78. The zero-order valence-corrected chi connectivity index (χ0v) is 9.80. The summed E-state index contributed by atoms with van der Waals surface area (Å²) in [7, 11) is 1.86. The van der Waals surface area contributed by atoms with E-state index in [2.05, 4.69) is 10.3 Å². The highest BCUT2D eigenvalue weighted by atomic mass is 16.6. The first-order chi connectivity index (χ1) is 7.61. The van der Waals surface area contributed by atoms with Gasteiger partial charge in [-0.15, -0.1) is 0 Å². The minimum atomic E-state index is -0.368. The Bertz CT molecular complexity index is 368. The molecule has 1 heterocycles. The molecule has 0 radical (unpaired) electrons. The van der Waals surface area contributed by atoms with Crippen LogP contribution in [-0.4, -0.2) is 23.0 Å². The summed E-state index contributed by atoms with van der Waals surface area (Å²) in [5.41, 5.74) is 0.862. The summed E-state index contributed by atoms with van der Waals surface area (Å²) in [5, 5.41) is 14.0. The molecule has 0 saturated heterocycles. The van der Waals surface area contributed by atoms with E-state index in [9.17, 15) is 10.1 Å². The molecule has 1 aromatic heterocycles. The van der Waals surface area contributed by atoms with Crippen LogP contribution in [0.1, 0.15) is 31.7 Å². The lowest BCUT2D eigenvalue weighted by molar-refractivity contribution is -0.386. The molecule has 0 bridgehead atoms. The van der Waals surface area contributed by atoms with Gasteiger partial charge in [-0.05, 0) is 26.5 Å². The molecule has 2 unspecified atom stereocenters. The summed E-state index contributed by atoms with van der Waals surface area (Å²) < 4.78 is 0. The predicted octanol–water partition coefficient (Wildman–Crippen LogP) is 2.09. The first-order valence-electron chi connectivity index (χ1n) is 5.37. The summed E-state index contributed by atoms with van der Waals surface area (Å²) in [6, 6.07) is 1.94. The van der Waals surface area contributed by atoms with Crippen molar-refractivity contribution >= 4 is 5.69 Å². The van der Waals surface area contributed by atoms with E-state index < -0.39 is 0 Å². The molecule has 0 aliphatic rings. The highest BCUT2D eigenvalue weighted by molar-refractivity contribution is 5.40. The van der Waals surface area contributed by atoms with E-state index in [-0.39, 0.29) is 22.6 Å². The lowest BCUT2D eigenvalue weighted by Gasteiger charge is -2.22. The van der Waals surface area contributed by atoms with Gasteiger partial charge in [0.25, 0.3) is 5.69 Å². The number of aromatic nitrogens is 1. The zero-order chi connectivity index (χ0) is 12.1. The molecule has 0 spiro atoms. The normalized spacial score (nSPS) is 14.4. The number of nitrogens with zero attached hydrogens (tertiary/aromatic N) is 2. The molecule has 1 N–H and O–H groups in total. The number of nitrogens with one attached hydrogen (secondary N) is 1. The van der Waals surface area contributed by atoms with Crippen LogP contribution in [0.25, 0.3) is 0 Å². The molecule has 1 rings (SSSR count). The first-order valence-corrected chi connectivity index (χ1v) is 5.37. The van der Waals surface area contributed by atoms with Gasteiger partial charge in [0.05, 0.1) is 4.92 Å². The Hall–Kier alpha value is -1.49. The second-order valence-electron chi connectivity index (χ2n) is 3.78. The van der Waals surface area contributed by atoms with E-state index in [0.29, 0.717) is 0 Å². The Kier molecular flexibility index (Phi) is 4.37. The van der Waals surface area contributed by atoms with E-state index in [1.807, 2.05) is 20.9 Å². The molecule has 0 aliphatic carbocycles. The van der Waals surface area contributed by atoms with Gasteiger partial charge in [-0.1, -0.05) is 6.92 Å². The minimum absolute atomic E-state index is 0.108. The molecule has 0 amide bonds. The van der Waals surface area contributed by atoms with E-state index in [4.69, 9.17) is 0 Å².